The summed E-state index contributed by atoms with van der Waals surface area (Å²) < 4.78 is 65.7. The van der Waals surface area contributed by atoms with E-state index in [0.29, 0.717) is 0 Å². The number of carbonyl (C=O) groups is 3. The fourth-order valence-corrected chi connectivity index (χ4v) is 8.81. The van der Waals surface area contributed by atoms with E-state index in [9.17, 15) is 19.5 Å². The zero-order chi connectivity index (χ0) is 51.6. The molecule has 2 aliphatic heterocycles. The van der Waals surface area contributed by atoms with E-state index in [2.05, 4.69) is 0 Å². The quantitative estimate of drug-likeness (QED) is 0.0505. The summed E-state index contributed by atoms with van der Waals surface area (Å²) in [5.74, 6) is -2.25. The molecular formula is C61H58O14. The van der Waals surface area contributed by atoms with Crippen LogP contribution in [0.25, 0.3) is 0 Å². The largest absolute Gasteiger partial charge is 0.459 e. The van der Waals surface area contributed by atoms with Crippen molar-refractivity contribution in [1.29, 1.82) is 0 Å². The lowest BCUT2D eigenvalue weighted by molar-refractivity contribution is -0.368. The van der Waals surface area contributed by atoms with Crippen LogP contribution in [0.3, 0.4) is 0 Å². The van der Waals surface area contributed by atoms with Crippen LogP contribution in [0.5, 0.6) is 0 Å². The summed E-state index contributed by atoms with van der Waals surface area (Å²) in [6.07, 6.45) is -13.4. The molecule has 7 aromatic rings. The van der Waals surface area contributed by atoms with Gasteiger partial charge in [-0.15, -0.1) is 0 Å². The minimum absolute atomic E-state index is 0.0265. The molecule has 0 bridgehead atoms. The fourth-order valence-electron chi connectivity index (χ4n) is 8.81. The van der Waals surface area contributed by atoms with Crippen LogP contribution in [0, 0.1) is 0 Å². The standard InChI is InChI=1S/C61H58O14/c62-57(46-30-16-5-17-31-46)70-41-50-52(73-58(63)47-32-18-6-19-33-47)54(74-59(64)48-34-20-7-21-35-48)56(69-39-45-28-14-4-15-29-45)61(72-50)75-53-51(67-37-43-24-10-2-11-25-43)49(40-66-36-42-22-8-1-9-23-42)71-60(65)55(53)68-38-44-26-12-3-13-27-44/h1-35,49-56,60-61,65H,36-41H2/t49-,50-,51-,52-,53+,54+,55-,56-,60+,61-/m1/s1. The van der Waals surface area contributed by atoms with E-state index in [0.717, 1.165) is 22.3 Å². The summed E-state index contributed by atoms with van der Waals surface area (Å²) >= 11 is 0. The zero-order valence-corrected chi connectivity index (χ0v) is 41.0. The van der Waals surface area contributed by atoms with Gasteiger partial charge in [0.05, 0.1) is 49.7 Å². The second-order valence-corrected chi connectivity index (χ2v) is 17.9. The number of hydrogen-bond acceptors (Lipinski definition) is 14. The van der Waals surface area contributed by atoms with Crippen LogP contribution >= 0.6 is 0 Å². The summed E-state index contributed by atoms with van der Waals surface area (Å²) in [5, 5.41) is 12.1. The van der Waals surface area contributed by atoms with Crippen LogP contribution in [0.4, 0.5) is 0 Å². The van der Waals surface area contributed by atoms with Gasteiger partial charge in [0.15, 0.2) is 24.8 Å². The van der Waals surface area contributed by atoms with Crippen LogP contribution in [0.1, 0.15) is 53.3 Å². The van der Waals surface area contributed by atoms with Crippen LogP contribution < -0.4 is 0 Å². The van der Waals surface area contributed by atoms with Crippen molar-refractivity contribution in [2.24, 2.45) is 0 Å². The number of hydrogen-bond donors (Lipinski definition) is 1. The average Bonchev–Trinajstić information content (AvgIpc) is 3.46. The molecule has 0 spiro atoms. The van der Waals surface area contributed by atoms with Gasteiger partial charge >= 0.3 is 17.9 Å². The van der Waals surface area contributed by atoms with Gasteiger partial charge in [-0.05, 0) is 58.7 Å². The number of aliphatic hydroxyl groups excluding tert-OH is 1. The van der Waals surface area contributed by atoms with E-state index >= 15 is 0 Å². The Labute approximate surface area is 435 Å². The normalized spacial score (nSPS) is 23.4. The second kappa shape index (κ2) is 26.7. The molecule has 2 heterocycles. The number of esters is 3. The van der Waals surface area contributed by atoms with Crippen molar-refractivity contribution in [3.63, 3.8) is 0 Å². The zero-order valence-electron chi connectivity index (χ0n) is 41.0. The van der Waals surface area contributed by atoms with E-state index in [-0.39, 0.29) is 49.7 Å². The van der Waals surface area contributed by atoms with Crippen LogP contribution in [0.2, 0.25) is 0 Å². The van der Waals surface area contributed by atoms with Gasteiger partial charge in [-0.25, -0.2) is 14.4 Å². The highest BCUT2D eigenvalue weighted by Crippen LogP contribution is 2.36. The van der Waals surface area contributed by atoms with E-state index in [4.69, 9.17) is 47.4 Å². The molecule has 2 fully saturated rings. The Morgan fingerprint density at radius 2 is 0.747 bits per heavy atom. The van der Waals surface area contributed by atoms with Gasteiger partial charge in [-0.1, -0.05) is 176 Å². The SMILES string of the molecule is O=C(OC[C@H]1O[C@H](O[C@@H]2[C@@H](OCc3ccccc3)[C@@H](O)O[C@H](COCc3ccccc3)[C@H]2OCc2ccccc2)[C@H](OCc2ccccc2)[C@@H](OC(=O)c2ccccc2)[C@@H]1OC(=O)c1ccccc1)c1ccccc1. The van der Waals surface area contributed by atoms with Crippen LogP contribution in [-0.4, -0.2) is 97.6 Å². The lowest BCUT2D eigenvalue weighted by Crippen LogP contribution is -2.66. The van der Waals surface area contributed by atoms with Gasteiger partial charge < -0.3 is 52.5 Å². The lowest BCUT2D eigenvalue weighted by Gasteiger charge is -2.49. The van der Waals surface area contributed by atoms with Gasteiger partial charge in [0.25, 0.3) is 0 Å². The minimum atomic E-state index is -1.61. The number of aliphatic hydroxyl groups is 1. The van der Waals surface area contributed by atoms with Crippen molar-refractivity contribution in [2.75, 3.05) is 13.2 Å². The highest BCUT2D eigenvalue weighted by molar-refractivity contribution is 5.91. The first-order chi connectivity index (χ1) is 36.9. The number of benzene rings is 7. The molecule has 2 aliphatic rings. The smallest absolute Gasteiger partial charge is 0.338 e. The Hall–Kier alpha value is -7.37. The minimum Gasteiger partial charge on any atom is -0.459 e. The molecule has 0 aliphatic carbocycles. The first-order valence-corrected chi connectivity index (χ1v) is 24.8. The predicted molar refractivity (Wildman–Crippen MR) is 274 cm³/mol. The summed E-state index contributed by atoms with van der Waals surface area (Å²) in [6, 6.07) is 62.8. The summed E-state index contributed by atoms with van der Waals surface area (Å²) in [5.41, 5.74) is 3.93. The molecule has 0 aromatic heterocycles. The molecule has 1 N–H and O–H groups in total. The third-order valence-corrected chi connectivity index (χ3v) is 12.6. The molecule has 10 atom stereocenters. The molecule has 0 radical (unpaired) electrons. The number of carbonyl (C=O) groups excluding carboxylic acids is 3. The lowest BCUT2D eigenvalue weighted by atomic mass is 9.95. The van der Waals surface area contributed by atoms with E-state index in [1.807, 2.05) is 121 Å². The molecule has 14 nitrogen and oxygen atoms in total. The van der Waals surface area contributed by atoms with Crippen LogP contribution in [-0.2, 0) is 73.8 Å². The molecule has 0 amide bonds. The third kappa shape index (κ3) is 14.5. The maximum absolute atomic E-state index is 14.4. The monoisotopic (exact) mass is 1010 g/mol. The Balaban J connectivity index is 1.14. The Kier molecular flexibility index (Phi) is 18.7. The van der Waals surface area contributed by atoms with Gasteiger partial charge in [0, 0.05) is 0 Å². The van der Waals surface area contributed by atoms with Crippen molar-refractivity contribution in [2.45, 2.75) is 87.8 Å². The molecular weight excluding hydrogens is 957 g/mol. The molecule has 75 heavy (non-hydrogen) atoms. The Morgan fingerprint density at radius 3 is 1.21 bits per heavy atom. The average molecular weight is 1020 g/mol. The predicted octanol–water partition coefficient (Wildman–Crippen LogP) is 9.09. The molecule has 2 saturated heterocycles. The first kappa shape index (κ1) is 52.5. The second-order valence-electron chi connectivity index (χ2n) is 17.9. The van der Waals surface area contributed by atoms with E-state index in [1.54, 1.807) is 91.0 Å². The van der Waals surface area contributed by atoms with Crippen LogP contribution in [0.15, 0.2) is 212 Å². The van der Waals surface area contributed by atoms with Crippen molar-refractivity contribution < 1.29 is 66.9 Å². The Bertz CT molecular complexity index is 2810. The molecule has 7 aromatic carbocycles. The van der Waals surface area contributed by atoms with Crippen molar-refractivity contribution in [3.8, 4) is 0 Å². The van der Waals surface area contributed by atoms with Gasteiger partial charge in [0.1, 0.15) is 43.2 Å². The summed E-state index contributed by atoms with van der Waals surface area (Å²) in [4.78, 5) is 42.4. The third-order valence-electron chi connectivity index (χ3n) is 12.6. The number of ether oxygens (including phenoxy) is 10. The van der Waals surface area contributed by atoms with Gasteiger partial charge in [-0.3, -0.25) is 0 Å². The highest BCUT2D eigenvalue weighted by atomic mass is 16.8. The topological polar surface area (TPSA) is 164 Å². The molecule has 0 unspecified atom stereocenters. The molecule has 0 saturated carbocycles. The van der Waals surface area contributed by atoms with Gasteiger partial charge in [0.2, 0.25) is 0 Å². The van der Waals surface area contributed by atoms with Gasteiger partial charge in [-0.2, -0.15) is 0 Å². The molecule has 14 heteroatoms. The van der Waals surface area contributed by atoms with Crippen molar-refractivity contribution in [1.82, 2.24) is 0 Å². The summed E-state index contributed by atoms with van der Waals surface area (Å²) in [7, 11) is 0. The van der Waals surface area contributed by atoms with E-state index in [1.165, 1.54) is 0 Å². The molecule has 386 valence electrons. The fraction of sp³-hybridized carbons (Fsp3) is 0.262. The van der Waals surface area contributed by atoms with Crippen molar-refractivity contribution in [3.05, 3.63) is 251 Å². The number of rotatable bonds is 22. The van der Waals surface area contributed by atoms with Crippen molar-refractivity contribution >= 4 is 17.9 Å². The highest BCUT2D eigenvalue weighted by Gasteiger charge is 2.56. The first-order valence-electron chi connectivity index (χ1n) is 24.8. The maximum Gasteiger partial charge on any atom is 0.338 e. The summed E-state index contributed by atoms with van der Waals surface area (Å²) in [6.45, 7) is -0.294. The Morgan fingerprint density at radius 1 is 0.373 bits per heavy atom. The van der Waals surface area contributed by atoms with E-state index < -0.39 is 85.9 Å². The maximum atomic E-state index is 14.4. The molecule has 9 rings (SSSR count).